The standard InChI is InChI=1S/C31H33N3O7S/c1-38-29-19-25-27(20-30(29)39-18-16-26(32)31(35)41-22-7-5-6-8-22)33-17-15-28(25)40-23-13-11-21(12-14-23)34-42(36,37)24-9-3-2-4-10-24/h2-4,9-15,17,19-20,22,26,34H,5-8,16,18,32H2,1H3/t26-/m0/s1. The van der Waals surface area contributed by atoms with Crippen LogP contribution in [0.3, 0.4) is 0 Å². The quantitative estimate of drug-likeness (QED) is 0.207. The van der Waals surface area contributed by atoms with Gasteiger partial charge in [0.15, 0.2) is 11.5 Å². The lowest BCUT2D eigenvalue weighted by Crippen LogP contribution is -2.35. The van der Waals surface area contributed by atoms with Crippen LogP contribution in [0.15, 0.2) is 83.9 Å². The molecule has 5 rings (SSSR count). The molecule has 1 atom stereocenters. The maximum atomic E-state index is 12.6. The Morgan fingerprint density at radius 1 is 1.00 bits per heavy atom. The van der Waals surface area contributed by atoms with Crippen molar-refractivity contribution in [3.8, 4) is 23.0 Å². The average Bonchev–Trinajstić information content (AvgIpc) is 3.51. The molecule has 1 saturated carbocycles. The molecule has 1 heterocycles. The predicted molar refractivity (Wildman–Crippen MR) is 158 cm³/mol. The minimum absolute atomic E-state index is 0.0297. The molecule has 0 bridgehead atoms. The molecule has 3 aromatic carbocycles. The number of ether oxygens (including phenoxy) is 4. The van der Waals surface area contributed by atoms with E-state index in [4.69, 9.17) is 24.7 Å². The van der Waals surface area contributed by atoms with Gasteiger partial charge in [0.25, 0.3) is 10.0 Å². The molecule has 1 aliphatic rings. The van der Waals surface area contributed by atoms with E-state index in [2.05, 4.69) is 9.71 Å². The molecule has 0 saturated heterocycles. The minimum atomic E-state index is -3.70. The summed E-state index contributed by atoms with van der Waals surface area (Å²) in [6.45, 7) is 0.194. The number of nitrogens with two attached hydrogens (primary N) is 1. The third-order valence-electron chi connectivity index (χ3n) is 6.95. The number of sulfonamides is 1. The second-order valence-corrected chi connectivity index (χ2v) is 11.6. The van der Waals surface area contributed by atoms with Crippen LogP contribution in [0.5, 0.6) is 23.0 Å². The van der Waals surface area contributed by atoms with Crippen LogP contribution in [0.4, 0.5) is 5.69 Å². The van der Waals surface area contributed by atoms with Crippen molar-refractivity contribution in [2.75, 3.05) is 18.4 Å². The van der Waals surface area contributed by atoms with E-state index >= 15 is 0 Å². The number of anilines is 1. The zero-order valence-electron chi connectivity index (χ0n) is 23.2. The number of hydrogen-bond acceptors (Lipinski definition) is 9. The number of benzene rings is 3. The van der Waals surface area contributed by atoms with Crippen molar-refractivity contribution in [3.05, 3.63) is 79.0 Å². The van der Waals surface area contributed by atoms with E-state index in [1.807, 2.05) is 0 Å². The zero-order chi connectivity index (χ0) is 29.5. The summed E-state index contributed by atoms with van der Waals surface area (Å²) in [4.78, 5) is 16.9. The van der Waals surface area contributed by atoms with Gasteiger partial charge in [0, 0.05) is 29.8 Å². The van der Waals surface area contributed by atoms with Crippen LogP contribution in [0.2, 0.25) is 0 Å². The molecule has 0 unspecified atom stereocenters. The smallest absolute Gasteiger partial charge is 0.323 e. The highest BCUT2D eigenvalue weighted by Crippen LogP contribution is 2.37. The third-order valence-corrected chi connectivity index (χ3v) is 8.35. The molecular weight excluding hydrogens is 558 g/mol. The summed E-state index contributed by atoms with van der Waals surface area (Å²) in [5.74, 6) is 1.55. The van der Waals surface area contributed by atoms with Crippen LogP contribution in [-0.4, -0.2) is 45.2 Å². The first-order valence-electron chi connectivity index (χ1n) is 13.7. The lowest BCUT2D eigenvalue weighted by atomic mass is 10.1. The fourth-order valence-corrected chi connectivity index (χ4v) is 5.77. The molecule has 0 amide bonds. The van der Waals surface area contributed by atoms with Crippen molar-refractivity contribution >= 4 is 32.6 Å². The Kier molecular flexibility index (Phi) is 9.09. The summed E-state index contributed by atoms with van der Waals surface area (Å²) in [6.07, 6.45) is 5.81. The molecule has 42 heavy (non-hydrogen) atoms. The molecular formula is C31H33N3O7S. The summed E-state index contributed by atoms with van der Waals surface area (Å²) in [5, 5.41) is 0.687. The van der Waals surface area contributed by atoms with E-state index in [0.29, 0.717) is 46.0 Å². The predicted octanol–water partition coefficient (Wildman–Crippen LogP) is 5.42. The van der Waals surface area contributed by atoms with Crippen molar-refractivity contribution in [1.82, 2.24) is 4.98 Å². The summed E-state index contributed by atoms with van der Waals surface area (Å²) < 4.78 is 50.9. The fraction of sp³-hybridized carbons (Fsp3) is 0.290. The number of nitrogens with zero attached hydrogens (tertiary/aromatic N) is 1. The number of methoxy groups -OCH3 is 1. The molecule has 1 aromatic heterocycles. The van der Waals surface area contributed by atoms with Crippen LogP contribution in [-0.2, 0) is 19.6 Å². The number of hydrogen-bond donors (Lipinski definition) is 2. The topological polar surface area (TPSA) is 139 Å². The van der Waals surface area contributed by atoms with Gasteiger partial charge in [-0.2, -0.15) is 0 Å². The van der Waals surface area contributed by atoms with Crippen molar-refractivity contribution in [3.63, 3.8) is 0 Å². The second-order valence-electron chi connectivity index (χ2n) is 9.96. The van der Waals surface area contributed by atoms with Gasteiger partial charge in [-0.3, -0.25) is 14.5 Å². The van der Waals surface area contributed by atoms with Crippen LogP contribution in [0, 0.1) is 0 Å². The lowest BCUT2D eigenvalue weighted by Gasteiger charge is -2.17. The van der Waals surface area contributed by atoms with Crippen molar-refractivity contribution in [2.45, 2.75) is 49.1 Å². The number of fused-ring (bicyclic) bond motifs is 1. The molecule has 0 spiro atoms. The van der Waals surface area contributed by atoms with Gasteiger partial charge in [-0.1, -0.05) is 18.2 Å². The third kappa shape index (κ3) is 7.10. The van der Waals surface area contributed by atoms with E-state index in [-0.39, 0.29) is 17.6 Å². The summed E-state index contributed by atoms with van der Waals surface area (Å²) in [7, 11) is -2.17. The zero-order valence-corrected chi connectivity index (χ0v) is 24.0. The van der Waals surface area contributed by atoms with Gasteiger partial charge < -0.3 is 24.7 Å². The molecule has 1 fully saturated rings. The van der Waals surface area contributed by atoms with E-state index in [0.717, 1.165) is 25.7 Å². The number of pyridine rings is 1. The van der Waals surface area contributed by atoms with E-state index in [1.54, 1.807) is 66.9 Å². The second kappa shape index (κ2) is 13.1. The Balaban J connectivity index is 1.24. The molecule has 11 heteroatoms. The Morgan fingerprint density at radius 2 is 1.74 bits per heavy atom. The van der Waals surface area contributed by atoms with E-state index in [9.17, 15) is 13.2 Å². The number of carbonyl (C=O) groups is 1. The van der Waals surface area contributed by atoms with Gasteiger partial charge in [-0.05, 0) is 74.2 Å². The molecule has 0 aliphatic heterocycles. The van der Waals surface area contributed by atoms with Gasteiger partial charge in [0.05, 0.1) is 24.1 Å². The lowest BCUT2D eigenvalue weighted by molar-refractivity contribution is -0.150. The molecule has 3 N–H and O–H groups in total. The Morgan fingerprint density at radius 3 is 2.45 bits per heavy atom. The van der Waals surface area contributed by atoms with Crippen molar-refractivity contribution in [2.24, 2.45) is 5.73 Å². The van der Waals surface area contributed by atoms with Crippen LogP contribution < -0.4 is 24.7 Å². The number of aromatic nitrogens is 1. The summed E-state index contributed by atoms with van der Waals surface area (Å²) in [6, 6.07) is 19.2. The van der Waals surface area contributed by atoms with Gasteiger partial charge in [0.1, 0.15) is 23.6 Å². The Hall–Kier alpha value is -4.35. The monoisotopic (exact) mass is 591 g/mol. The van der Waals surface area contributed by atoms with Gasteiger partial charge in [-0.25, -0.2) is 8.42 Å². The highest BCUT2D eigenvalue weighted by molar-refractivity contribution is 7.92. The Labute approximate surface area is 244 Å². The van der Waals surface area contributed by atoms with Crippen molar-refractivity contribution < 1.29 is 32.2 Å². The number of esters is 1. The normalized spacial score (nSPS) is 14.3. The minimum Gasteiger partial charge on any atom is -0.493 e. The first-order valence-corrected chi connectivity index (χ1v) is 15.2. The molecule has 220 valence electrons. The van der Waals surface area contributed by atoms with Gasteiger partial charge in [-0.15, -0.1) is 0 Å². The first-order chi connectivity index (χ1) is 20.3. The summed E-state index contributed by atoms with van der Waals surface area (Å²) >= 11 is 0. The van der Waals surface area contributed by atoms with Crippen LogP contribution in [0.25, 0.3) is 10.9 Å². The maximum Gasteiger partial charge on any atom is 0.323 e. The molecule has 10 nitrogen and oxygen atoms in total. The molecule has 0 radical (unpaired) electrons. The molecule has 4 aromatic rings. The van der Waals surface area contributed by atoms with Gasteiger partial charge >= 0.3 is 5.97 Å². The average molecular weight is 592 g/mol. The Bertz CT molecular complexity index is 1620. The van der Waals surface area contributed by atoms with Crippen molar-refractivity contribution in [1.29, 1.82) is 0 Å². The largest absolute Gasteiger partial charge is 0.493 e. The molecule has 1 aliphatic carbocycles. The SMILES string of the molecule is COc1cc2c(Oc3ccc(NS(=O)(=O)c4ccccc4)cc3)ccnc2cc1OCC[C@H](N)C(=O)OC1CCCC1. The van der Waals surface area contributed by atoms with Gasteiger partial charge in [0.2, 0.25) is 0 Å². The number of nitrogens with one attached hydrogen (secondary N) is 1. The van der Waals surface area contributed by atoms with E-state index in [1.165, 1.54) is 19.2 Å². The first kappa shape index (κ1) is 29.2. The maximum absolute atomic E-state index is 12.6. The fourth-order valence-electron chi connectivity index (χ4n) is 4.69. The highest BCUT2D eigenvalue weighted by Gasteiger charge is 2.23. The van der Waals surface area contributed by atoms with E-state index < -0.39 is 22.0 Å². The number of carbonyl (C=O) groups excluding carboxylic acids is 1. The summed E-state index contributed by atoms with van der Waals surface area (Å²) in [5.41, 5.74) is 7.05. The highest BCUT2D eigenvalue weighted by atomic mass is 32.2. The van der Waals surface area contributed by atoms with Crippen LogP contribution in [0.1, 0.15) is 32.1 Å². The number of rotatable bonds is 12. The van der Waals surface area contributed by atoms with Crippen LogP contribution >= 0.6 is 0 Å².